The lowest BCUT2D eigenvalue weighted by atomic mass is 10.1. The van der Waals surface area contributed by atoms with Crippen LogP contribution in [0.2, 0.25) is 5.02 Å². The molecule has 5 rings (SSSR count). The van der Waals surface area contributed by atoms with E-state index in [-0.39, 0.29) is 40.0 Å². The Morgan fingerprint density at radius 1 is 1.24 bits per heavy atom. The average molecular weight is 543 g/mol. The summed E-state index contributed by atoms with van der Waals surface area (Å²) in [6.45, 7) is 0.0909. The number of halogens is 2. The minimum atomic E-state index is -0.620. The van der Waals surface area contributed by atoms with Crippen LogP contribution in [0.1, 0.15) is 6.42 Å². The van der Waals surface area contributed by atoms with Crippen molar-refractivity contribution in [3.63, 3.8) is 0 Å². The summed E-state index contributed by atoms with van der Waals surface area (Å²) < 4.78 is 23.6. The summed E-state index contributed by atoms with van der Waals surface area (Å²) in [6.07, 6.45) is 4.79. The van der Waals surface area contributed by atoms with Crippen molar-refractivity contribution in [3.8, 4) is 21.9 Å². The number of nitrogens with zero attached hydrogens (tertiary/aromatic N) is 6. The van der Waals surface area contributed by atoms with E-state index in [2.05, 4.69) is 15.2 Å². The molecule has 0 aliphatic carbocycles. The Bertz CT molecular complexity index is 1840. The van der Waals surface area contributed by atoms with E-state index in [1.807, 2.05) is 0 Å². The molecular weight excluding hydrogens is 523 g/mol. The summed E-state index contributed by atoms with van der Waals surface area (Å²) in [6, 6.07) is 4.24. The third-order valence-corrected chi connectivity index (χ3v) is 7.41. The minimum absolute atomic E-state index is 0.00690. The predicted octanol–water partition coefficient (Wildman–Crippen LogP) is 2.58. The Balaban J connectivity index is 1.84. The second-order valence-corrected chi connectivity index (χ2v) is 9.56. The number of hydrazone groups is 1. The molecule has 0 unspecified atom stereocenters. The smallest absolute Gasteiger partial charge is 0.336 e. The Morgan fingerprint density at radius 2 is 2.03 bits per heavy atom. The van der Waals surface area contributed by atoms with Crippen LogP contribution < -0.4 is 27.6 Å². The van der Waals surface area contributed by atoms with Crippen LogP contribution in [0.4, 0.5) is 4.39 Å². The first kappa shape index (κ1) is 24.5. The summed E-state index contributed by atoms with van der Waals surface area (Å²) in [7, 11) is 3.05. The number of methoxy groups -OCH3 is 1. The van der Waals surface area contributed by atoms with Gasteiger partial charge < -0.3 is 16.3 Å². The maximum Gasteiger partial charge on any atom is 0.336 e. The number of hydrogen-bond acceptors (Lipinski definition) is 8. The molecule has 4 aromatic heterocycles. The van der Waals surface area contributed by atoms with Gasteiger partial charge >= 0.3 is 5.69 Å². The third kappa shape index (κ3) is 4.01. The van der Waals surface area contributed by atoms with Crippen LogP contribution in [0.25, 0.3) is 37.2 Å². The summed E-state index contributed by atoms with van der Waals surface area (Å²) in [5, 5.41) is 8.49. The van der Waals surface area contributed by atoms with E-state index in [0.29, 0.717) is 26.9 Å². The fourth-order valence-corrected chi connectivity index (χ4v) is 5.58. The number of amidine groups is 1. The molecule has 0 saturated carbocycles. The highest BCUT2D eigenvalue weighted by atomic mass is 35.5. The first-order valence-electron chi connectivity index (χ1n) is 10.9. The summed E-state index contributed by atoms with van der Waals surface area (Å²) in [5.74, 6) is 4.79. The maximum absolute atomic E-state index is 14.2. The largest absolute Gasteiger partial charge is 0.494 e. The number of aryl methyl sites for hydroxylation is 2. The van der Waals surface area contributed by atoms with Crippen LogP contribution >= 0.6 is 22.9 Å². The Labute approximate surface area is 217 Å². The number of fused-ring (bicyclic) bond motifs is 2. The van der Waals surface area contributed by atoms with Crippen LogP contribution in [0.15, 0.2) is 51.5 Å². The van der Waals surface area contributed by atoms with Crippen molar-refractivity contribution in [2.75, 3.05) is 7.11 Å². The zero-order valence-electron chi connectivity index (χ0n) is 19.6. The monoisotopic (exact) mass is 542 g/mol. The van der Waals surface area contributed by atoms with Crippen molar-refractivity contribution < 1.29 is 9.13 Å². The van der Waals surface area contributed by atoms with Gasteiger partial charge in [-0.15, -0.1) is 11.3 Å². The number of ether oxygens (including phenoxy) is 1. The molecule has 1 aromatic carbocycles. The van der Waals surface area contributed by atoms with Gasteiger partial charge in [-0.2, -0.15) is 10.2 Å². The van der Waals surface area contributed by atoms with Gasteiger partial charge in [0, 0.05) is 42.0 Å². The molecule has 5 aromatic rings. The van der Waals surface area contributed by atoms with E-state index in [1.165, 1.54) is 23.9 Å². The first-order chi connectivity index (χ1) is 17.7. The van der Waals surface area contributed by atoms with Crippen molar-refractivity contribution in [3.05, 3.63) is 68.5 Å². The van der Waals surface area contributed by atoms with Gasteiger partial charge in [-0.3, -0.25) is 19.0 Å². The number of thiophene rings is 1. The molecule has 11 nitrogen and oxygen atoms in total. The van der Waals surface area contributed by atoms with E-state index in [4.69, 9.17) is 27.9 Å². The van der Waals surface area contributed by atoms with E-state index in [1.54, 1.807) is 30.2 Å². The molecule has 0 aliphatic rings. The highest BCUT2D eigenvalue weighted by Gasteiger charge is 2.22. The van der Waals surface area contributed by atoms with Crippen molar-refractivity contribution in [2.45, 2.75) is 13.0 Å². The lowest BCUT2D eigenvalue weighted by Crippen LogP contribution is -2.39. The predicted molar refractivity (Wildman–Crippen MR) is 141 cm³/mol. The molecule has 0 bridgehead atoms. The van der Waals surface area contributed by atoms with E-state index >= 15 is 0 Å². The number of rotatable bonds is 6. The van der Waals surface area contributed by atoms with Gasteiger partial charge in [0.1, 0.15) is 10.5 Å². The highest BCUT2D eigenvalue weighted by Crippen LogP contribution is 2.39. The normalized spacial score (nSPS) is 12.1. The highest BCUT2D eigenvalue weighted by molar-refractivity contribution is 7.22. The molecule has 0 fully saturated rings. The molecular formula is C23H20ClFN8O3S. The van der Waals surface area contributed by atoms with Gasteiger partial charge in [-0.1, -0.05) is 11.6 Å². The molecule has 0 spiro atoms. The van der Waals surface area contributed by atoms with Gasteiger partial charge in [0.15, 0.2) is 11.6 Å². The number of benzene rings is 1. The number of pyridine rings is 1. The van der Waals surface area contributed by atoms with Gasteiger partial charge in [0.25, 0.3) is 5.56 Å². The van der Waals surface area contributed by atoms with Crippen LogP contribution in [0.3, 0.4) is 0 Å². The molecule has 0 radical (unpaired) electrons. The van der Waals surface area contributed by atoms with Crippen molar-refractivity contribution in [2.24, 2.45) is 23.7 Å². The standard InChI is InChI=1S/C23H20ClFN8O3S/c1-31-20-11(9-29-31)8-28-10-16(20)33-22(34)21-15(32(23(33)35)4-3-19(26)30-27)7-18(37-21)12-5-17(36-2)14(25)6-13(12)24/h5-10H,3-4,27H2,1-2H3,(H2,26,30). The third-order valence-electron chi connectivity index (χ3n) is 5.95. The first-order valence-corrected chi connectivity index (χ1v) is 12.1. The molecule has 14 heteroatoms. The summed E-state index contributed by atoms with van der Waals surface area (Å²) >= 11 is 7.46. The summed E-state index contributed by atoms with van der Waals surface area (Å²) in [4.78, 5) is 32.3. The second-order valence-electron chi connectivity index (χ2n) is 8.10. The quantitative estimate of drug-likeness (QED) is 0.145. The van der Waals surface area contributed by atoms with Gasteiger partial charge in [0.2, 0.25) is 0 Å². The van der Waals surface area contributed by atoms with Crippen LogP contribution in [0, 0.1) is 5.82 Å². The molecule has 0 amide bonds. The average Bonchev–Trinajstić information content (AvgIpc) is 3.49. The van der Waals surface area contributed by atoms with Gasteiger partial charge in [-0.05, 0) is 18.2 Å². The molecule has 4 heterocycles. The van der Waals surface area contributed by atoms with Crippen LogP contribution in [-0.4, -0.2) is 36.8 Å². The van der Waals surface area contributed by atoms with Crippen molar-refractivity contribution in [1.82, 2.24) is 23.9 Å². The molecule has 0 atom stereocenters. The SMILES string of the molecule is COc1cc(-c2cc3c(s2)c(=O)n(-c2cncc4cnn(C)c24)c(=O)n3CC/C(N)=N/N)c(Cl)cc1F. The topological polar surface area (TPSA) is 148 Å². The van der Waals surface area contributed by atoms with Crippen molar-refractivity contribution in [1.29, 1.82) is 0 Å². The maximum atomic E-state index is 14.2. The number of aromatic nitrogens is 5. The second kappa shape index (κ2) is 9.33. The Kier molecular flexibility index (Phi) is 6.17. The zero-order valence-corrected chi connectivity index (χ0v) is 21.2. The van der Waals surface area contributed by atoms with E-state index in [9.17, 15) is 14.0 Å². The van der Waals surface area contributed by atoms with Gasteiger partial charge in [0.05, 0.1) is 41.2 Å². The number of hydrogen-bond donors (Lipinski definition) is 2. The number of nitrogens with two attached hydrogens (primary N) is 2. The lowest BCUT2D eigenvalue weighted by molar-refractivity contribution is 0.387. The fraction of sp³-hybridized carbons (Fsp3) is 0.174. The Morgan fingerprint density at radius 3 is 2.76 bits per heavy atom. The minimum Gasteiger partial charge on any atom is -0.494 e. The fourth-order valence-electron chi connectivity index (χ4n) is 4.15. The van der Waals surface area contributed by atoms with Crippen molar-refractivity contribution >= 4 is 49.9 Å². The molecule has 0 saturated heterocycles. The van der Waals surface area contributed by atoms with Crippen LogP contribution in [-0.2, 0) is 13.6 Å². The molecule has 190 valence electrons. The molecule has 37 heavy (non-hydrogen) atoms. The molecule has 4 N–H and O–H groups in total. The van der Waals surface area contributed by atoms with E-state index in [0.717, 1.165) is 22.0 Å². The van der Waals surface area contributed by atoms with E-state index < -0.39 is 17.1 Å². The van der Waals surface area contributed by atoms with Gasteiger partial charge in [-0.25, -0.2) is 13.8 Å². The summed E-state index contributed by atoms with van der Waals surface area (Å²) in [5.41, 5.74) is 6.29. The zero-order chi connectivity index (χ0) is 26.4. The lowest BCUT2D eigenvalue weighted by Gasteiger charge is -2.13. The van der Waals surface area contributed by atoms with Crippen LogP contribution in [0.5, 0.6) is 5.75 Å². The molecule has 0 aliphatic heterocycles. The Hall–Kier alpha value is -4.23.